The zero-order valence-corrected chi connectivity index (χ0v) is 10.3. The fourth-order valence-electron chi connectivity index (χ4n) is 2.02. The topological polar surface area (TPSA) is 49.8 Å². The Morgan fingerprint density at radius 1 is 1.50 bits per heavy atom. The van der Waals surface area contributed by atoms with Gasteiger partial charge >= 0.3 is 0 Å². The highest BCUT2D eigenvalue weighted by Crippen LogP contribution is 2.16. The minimum absolute atomic E-state index is 0.143. The molecule has 1 rings (SSSR count). The average Bonchev–Trinajstić information content (AvgIpc) is 2.29. The molecule has 0 aromatic heterocycles. The van der Waals surface area contributed by atoms with Crippen LogP contribution in [0, 0.1) is 0 Å². The van der Waals surface area contributed by atoms with Crippen LogP contribution in [0.15, 0.2) is 0 Å². The molecule has 1 fully saturated rings. The second kappa shape index (κ2) is 6.86. The van der Waals surface area contributed by atoms with Crippen molar-refractivity contribution in [3.8, 4) is 0 Å². The monoisotopic (exact) mass is 229 g/mol. The number of morpholine rings is 1. The first-order chi connectivity index (χ1) is 7.69. The van der Waals surface area contributed by atoms with Gasteiger partial charge in [0.15, 0.2) is 0 Å². The highest BCUT2D eigenvalue weighted by molar-refractivity contribution is 5.76. The molecule has 94 valence electrons. The van der Waals surface area contributed by atoms with Crippen molar-refractivity contribution < 1.29 is 14.6 Å². The number of carbonyl (C=O) groups is 1. The van der Waals surface area contributed by atoms with Crippen molar-refractivity contribution in [3.63, 3.8) is 0 Å². The Hall–Kier alpha value is -0.610. The van der Waals surface area contributed by atoms with Gasteiger partial charge in [0.2, 0.25) is 5.91 Å². The van der Waals surface area contributed by atoms with Gasteiger partial charge in [-0.25, -0.2) is 0 Å². The zero-order chi connectivity index (χ0) is 12.0. The molecule has 0 bridgehead atoms. The van der Waals surface area contributed by atoms with Crippen molar-refractivity contribution in [2.45, 2.75) is 51.7 Å². The zero-order valence-electron chi connectivity index (χ0n) is 10.3. The lowest BCUT2D eigenvalue weighted by Gasteiger charge is -2.38. The van der Waals surface area contributed by atoms with Crippen LogP contribution in [0.25, 0.3) is 0 Å². The van der Waals surface area contributed by atoms with E-state index < -0.39 is 0 Å². The molecule has 1 aliphatic rings. The van der Waals surface area contributed by atoms with Gasteiger partial charge in [-0.15, -0.1) is 0 Å². The van der Waals surface area contributed by atoms with Crippen LogP contribution in [-0.4, -0.2) is 47.8 Å². The van der Waals surface area contributed by atoms with E-state index in [1.54, 1.807) is 0 Å². The molecule has 0 aromatic carbocycles. The van der Waals surface area contributed by atoms with Crippen LogP contribution in [0.3, 0.4) is 0 Å². The predicted octanol–water partition coefficient (Wildman–Crippen LogP) is 1.17. The van der Waals surface area contributed by atoms with E-state index >= 15 is 0 Å². The third-order valence-corrected chi connectivity index (χ3v) is 3.06. The van der Waals surface area contributed by atoms with Crippen LogP contribution in [0.4, 0.5) is 0 Å². The summed E-state index contributed by atoms with van der Waals surface area (Å²) in [6.45, 7) is 5.61. The average molecular weight is 229 g/mol. The van der Waals surface area contributed by atoms with E-state index in [0.29, 0.717) is 26.0 Å². The van der Waals surface area contributed by atoms with Crippen LogP contribution in [0.1, 0.15) is 39.5 Å². The Balaban J connectivity index is 2.43. The maximum Gasteiger partial charge on any atom is 0.222 e. The van der Waals surface area contributed by atoms with Gasteiger partial charge in [0, 0.05) is 19.6 Å². The molecule has 1 amide bonds. The summed E-state index contributed by atoms with van der Waals surface area (Å²) in [5.74, 6) is 0.204. The lowest BCUT2D eigenvalue weighted by atomic mass is 10.1. The molecule has 2 atom stereocenters. The van der Waals surface area contributed by atoms with Crippen LogP contribution in [0.5, 0.6) is 0 Å². The molecule has 0 aliphatic carbocycles. The lowest BCUT2D eigenvalue weighted by Crippen LogP contribution is -2.51. The number of aliphatic hydroxyl groups is 1. The van der Waals surface area contributed by atoms with Crippen molar-refractivity contribution in [1.29, 1.82) is 0 Å². The number of amides is 1. The second-order valence-electron chi connectivity index (χ2n) is 4.43. The number of ether oxygens (including phenoxy) is 1. The third-order valence-electron chi connectivity index (χ3n) is 3.06. The SMILES string of the molecule is CCC1COC(C)CN1C(=O)CCCCO. The summed E-state index contributed by atoms with van der Waals surface area (Å²) in [4.78, 5) is 13.9. The normalized spacial score (nSPS) is 25.8. The summed E-state index contributed by atoms with van der Waals surface area (Å²) in [7, 11) is 0. The summed E-state index contributed by atoms with van der Waals surface area (Å²) in [6.07, 6.45) is 3.12. The van der Waals surface area contributed by atoms with Crippen LogP contribution in [-0.2, 0) is 9.53 Å². The molecule has 1 aliphatic heterocycles. The maximum atomic E-state index is 12.0. The summed E-state index contributed by atoms with van der Waals surface area (Å²) in [6, 6.07) is 0.234. The van der Waals surface area contributed by atoms with Gasteiger partial charge in [0.1, 0.15) is 0 Å². The van der Waals surface area contributed by atoms with Crippen molar-refractivity contribution in [2.75, 3.05) is 19.8 Å². The molecule has 0 aromatic rings. The lowest BCUT2D eigenvalue weighted by molar-refractivity contribution is -0.144. The third kappa shape index (κ3) is 3.76. The van der Waals surface area contributed by atoms with Gasteiger partial charge < -0.3 is 14.7 Å². The molecule has 1 heterocycles. The number of carbonyl (C=O) groups excluding carboxylic acids is 1. The van der Waals surface area contributed by atoms with Crippen molar-refractivity contribution in [1.82, 2.24) is 4.90 Å². The van der Waals surface area contributed by atoms with Crippen molar-refractivity contribution in [3.05, 3.63) is 0 Å². The molecule has 1 saturated heterocycles. The van der Waals surface area contributed by atoms with E-state index in [-0.39, 0.29) is 24.7 Å². The van der Waals surface area contributed by atoms with Gasteiger partial charge in [-0.2, -0.15) is 0 Å². The van der Waals surface area contributed by atoms with E-state index in [1.807, 2.05) is 11.8 Å². The Morgan fingerprint density at radius 3 is 2.88 bits per heavy atom. The van der Waals surface area contributed by atoms with Gasteiger partial charge in [0.25, 0.3) is 0 Å². The molecule has 4 nitrogen and oxygen atoms in total. The number of rotatable bonds is 5. The Bertz CT molecular complexity index is 220. The molecular weight excluding hydrogens is 206 g/mol. The van der Waals surface area contributed by atoms with E-state index in [9.17, 15) is 4.79 Å². The smallest absolute Gasteiger partial charge is 0.222 e. The number of hydrogen-bond acceptors (Lipinski definition) is 3. The second-order valence-corrected chi connectivity index (χ2v) is 4.43. The van der Waals surface area contributed by atoms with Crippen molar-refractivity contribution >= 4 is 5.91 Å². The predicted molar refractivity (Wildman–Crippen MR) is 62.1 cm³/mol. The van der Waals surface area contributed by atoms with E-state index in [4.69, 9.17) is 9.84 Å². The van der Waals surface area contributed by atoms with Crippen LogP contribution in [0.2, 0.25) is 0 Å². The standard InChI is InChI=1S/C12H23NO3/c1-3-11-9-16-10(2)8-13(11)12(15)6-4-5-7-14/h10-11,14H,3-9H2,1-2H3. The summed E-state index contributed by atoms with van der Waals surface area (Å²) in [5.41, 5.74) is 0. The molecule has 0 spiro atoms. The molecular formula is C12H23NO3. The first kappa shape index (κ1) is 13.5. The summed E-state index contributed by atoms with van der Waals surface area (Å²) >= 11 is 0. The van der Waals surface area contributed by atoms with E-state index in [1.165, 1.54) is 0 Å². The van der Waals surface area contributed by atoms with E-state index in [0.717, 1.165) is 12.8 Å². The number of aliphatic hydroxyl groups excluding tert-OH is 1. The first-order valence-corrected chi connectivity index (χ1v) is 6.21. The molecule has 1 N–H and O–H groups in total. The first-order valence-electron chi connectivity index (χ1n) is 6.21. The fraction of sp³-hybridized carbons (Fsp3) is 0.917. The largest absolute Gasteiger partial charge is 0.396 e. The molecule has 2 unspecified atom stereocenters. The minimum Gasteiger partial charge on any atom is -0.396 e. The fourth-order valence-corrected chi connectivity index (χ4v) is 2.02. The van der Waals surface area contributed by atoms with Crippen molar-refractivity contribution in [2.24, 2.45) is 0 Å². The molecule has 4 heteroatoms. The van der Waals surface area contributed by atoms with Gasteiger partial charge in [-0.3, -0.25) is 4.79 Å². The summed E-state index contributed by atoms with van der Waals surface area (Å²) in [5, 5.41) is 8.68. The molecule has 16 heavy (non-hydrogen) atoms. The quantitative estimate of drug-likeness (QED) is 0.720. The number of hydrogen-bond donors (Lipinski definition) is 1. The van der Waals surface area contributed by atoms with Crippen LogP contribution >= 0.6 is 0 Å². The minimum atomic E-state index is 0.143. The van der Waals surface area contributed by atoms with E-state index in [2.05, 4.69) is 6.92 Å². The summed E-state index contributed by atoms with van der Waals surface area (Å²) < 4.78 is 5.55. The van der Waals surface area contributed by atoms with Gasteiger partial charge in [0.05, 0.1) is 18.8 Å². The number of nitrogens with zero attached hydrogens (tertiary/aromatic N) is 1. The van der Waals surface area contributed by atoms with Crippen LogP contribution < -0.4 is 0 Å². The Labute approximate surface area is 97.6 Å². The van der Waals surface area contributed by atoms with Gasteiger partial charge in [-0.1, -0.05) is 6.92 Å². The highest BCUT2D eigenvalue weighted by Gasteiger charge is 2.28. The molecule has 0 saturated carbocycles. The Kier molecular flexibility index (Phi) is 5.77. The number of unbranched alkanes of at least 4 members (excludes halogenated alkanes) is 1. The highest BCUT2D eigenvalue weighted by atomic mass is 16.5. The maximum absolute atomic E-state index is 12.0. The van der Waals surface area contributed by atoms with Gasteiger partial charge in [-0.05, 0) is 26.2 Å². The Morgan fingerprint density at radius 2 is 2.25 bits per heavy atom. The molecule has 0 radical (unpaired) electrons.